The molecule has 1 amide bonds. The van der Waals surface area contributed by atoms with Crippen LogP contribution in [0.5, 0.6) is 11.5 Å². The molecular weight excluding hydrogens is 476 g/mol. The zero-order valence-electron chi connectivity index (χ0n) is 20.0. The first-order valence-electron chi connectivity index (χ1n) is 11.5. The van der Waals surface area contributed by atoms with Gasteiger partial charge in [-0.1, -0.05) is 12.1 Å². The molecule has 4 aromatic rings. The van der Waals surface area contributed by atoms with Crippen molar-refractivity contribution in [1.29, 1.82) is 0 Å². The van der Waals surface area contributed by atoms with Crippen LogP contribution < -0.4 is 20.4 Å². The molecule has 0 aliphatic rings. The monoisotopic (exact) mass is 500 g/mol. The largest absolute Gasteiger partial charge is 0.493 e. The Morgan fingerprint density at radius 2 is 1.65 bits per heavy atom. The fourth-order valence-electron chi connectivity index (χ4n) is 3.53. The van der Waals surface area contributed by atoms with Gasteiger partial charge >= 0.3 is 5.63 Å². The van der Waals surface area contributed by atoms with E-state index in [-0.39, 0.29) is 17.2 Å². The molecule has 1 N–H and O–H groups in total. The van der Waals surface area contributed by atoms with Gasteiger partial charge in [-0.3, -0.25) is 14.9 Å². The number of nitrogens with zero attached hydrogens (tertiary/aromatic N) is 1. The van der Waals surface area contributed by atoms with E-state index in [1.54, 1.807) is 12.1 Å². The lowest BCUT2D eigenvalue weighted by atomic mass is 10.1. The molecule has 9 nitrogen and oxygen atoms in total. The van der Waals surface area contributed by atoms with Crippen molar-refractivity contribution in [2.75, 3.05) is 18.5 Å². The van der Waals surface area contributed by atoms with Crippen LogP contribution in [-0.4, -0.2) is 24.0 Å². The quantitative estimate of drug-likeness (QED) is 0.100. The number of nitro groups is 1. The van der Waals surface area contributed by atoms with Gasteiger partial charge in [0.1, 0.15) is 17.1 Å². The third-order valence-corrected chi connectivity index (χ3v) is 5.40. The summed E-state index contributed by atoms with van der Waals surface area (Å²) in [6, 6.07) is 19.8. The number of carbonyl (C=O) groups is 1. The molecule has 9 heteroatoms. The highest BCUT2D eigenvalue weighted by atomic mass is 16.6. The zero-order valence-corrected chi connectivity index (χ0v) is 20.0. The fraction of sp³-hybridized carbons (Fsp3) is 0.143. The van der Waals surface area contributed by atoms with Crippen LogP contribution in [0.25, 0.3) is 17.0 Å². The first-order valence-corrected chi connectivity index (χ1v) is 11.5. The normalized spacial score (nSPS) is 10.9. The van der Waals surface area contributed by atoms with Gasteiger partial charge in [0.05, 0.1) is 18.1 Å². The summed E-state index contributed by atoms with van der Waals surface area (Å²) in [7, 11) is 0. The molecule has 4 rings (SSSR count). The highest BCUT2D eigenvalue weighted by Crippen LogP contribution is 2.22. The highest BCUT2D eigenvalue weighted by Gasteiger charge is 2.06. The van der Waals surface area contributed by atoms with Crippen LogP contribution in [0.1, 0.15) is 17.5 Å². The molecule has 0 unspecified atom stereocenters. The molecule has 0 atom stereocenters. The lowest BCUT2D eigenvalue weighted by Crippen LogP contribution is -2.07. The predicted octanol–water partition coefficient (Wildman–Crippen LogP) is 5.51. The summed E-state index contributed by atoms with van der Waals surface area (Å²) in [5.74, 6) is 0.961. The number of fused-ring (bicyclic) bond motifs is 1. The number of ether oxygens (including phenoxy) is 2. The second-order valence-electron chi connectivity index (χ2n) is 8.15. The minimum absolute atomic E-state index is 0.0421. The fourth-order valence-corrected chi connectivity index (χ4v) is 3.53. The lowest BCUT2D eigenvalue weighted by molar-refractivity contribution is -0.384. The van der Waals surface area contributed by atoms with Crippen molar-refractivity contribution in [3.05, 3.63) is 111 Å². The highest BCUT2D eigenvalue weighted by molar-refractivity contribution is 6.01. The number of amides is 1. The Balaban J connectivity index is 1.19. The van der Waals surface area contributed by atoms with E-state index in [0.717, 1.165) is 16.5 Å². The molecule has 0 radical (unpaired) electrons. The molecule has 0 aliphatic heterocycles. The first-order chi connectivity index (χ1) is 17.9. The van der Waals surface area contributed by atoms with E-state index in [9.17, 15) is 19.7 Å². The van der Waals surface area contributed by atoms with Crippen LogP contribution in [0, 0.1) is 17.0 Å². The van der Waals surface area contributed by atoms with Crippen LogP contribution >= 0.6 is 0 Å². The standard InChI is InChI=1S/C28H24N2O7/c1-19-17-28(32)37-26-18-24(12-13-25(19)26)36-16-2-15-35-23-10-3-20(4-11-23)5-14-27(31)29-21-6-8-22(9-7-21)30(33)34/h3-14,17-18H,2,15-16H2,1H3,(H,29,31)/b14-5+. The van der Waals surface area contributed by atoms with Crippen molar-refractivity contribution < 1.29 is 23.6 Å². The SMILES string of the molecule is Cc1cc(=O)oc2cc(OCCCOc3ccc(/C=C/C(=O)Nc4ccc([N+](=O)[O-])cc4)cc3)ccc12. The number of anilines is 1. The van der Waals surface area contributed by atoms with Crippen molar-refractivity contribution in [2.24, 2.45) is 0 Å². The van der Waals surface area contributed by atoms with E-state index >= 15 is 0 Å². The van der Waals surface area contributed by atoms with Crippen LogP contribution in [0.4, 0.5) is 11.4 Å². The minimum Gasteiger partial charge on any atom is -0.493 e. The van der Waals surface area contributed by atoms with Gasteiger partial charge in [-0.2, -0.15) is 0 Å². The third-order valence-electron chi connectivity index (χ3n) is 5.40. The number of hydrogen-bond acceptors (Lipinski definition) is 7. The number of carbonyl (C=O) groups excluding carboxylic acids is 1. The summed E-state index contributed by atoms with van der Waals surface area (Å²) in [5.41, 5.74) is 2.21. The van der Waals surface area contributed by atoms with E-state index in [2.05, 4.69) is 5.32 Å². The van der Waals surface area contributed by atoms with Gasteiger partial charge in [0.2, 0.25) is 5.91 Å². The zero-order chi connectivity index (χ0) is 26.2. The maximum Gasteiger partial charge on any atom is 0.336 e. The average molecular weight is 501 g/mol. The van der Waals surface area contributed by atoms with Crippen LogP contribution in [0.2, 0.25) is 0 Å². The summed E-state index contributed by atoms with van der Waals surface area (Å²) in [6.07, 6.45) is 3.69. The minimum atomic E-state index is -0.498. The Bertz CT molecular complexity index is 1490. The van der Waals surface area contributed by atoms with E-state index < -0.39 is 4.92 Å². The van der Waals surface area contributed by atoms with Gasteiger partial charge in [0.15, 0.2) is 0 Å². The summed E-state index contributed by atoms with van der Waals surface area (Å²) in [4.78, 5) is 33.8. The van der Waals surface area contributed by atoms with Crippen molar-refractivity contribution in [3.63, 3.8) is 0 Å². The summed E-state index contributed by atoms with van der Waals surface area (Å²) >= 11 is 0. The molecule has 0 spiro atoms. The third kappa shape index (κ3) is 7.04. The van der Waals surface area contributed by atoms with Crippen LogP contribution in [0.15, 0.2) is 88.1 Å². The molecule has 0 fully saturated rings. The summed E-state index contributed by atoms with van der Waals surface area (Å²) < 4.78 is 16.7. The number of nitrogens with one attached hydrogen (secondary N) is 1. The van der Waals surface area contributed by atoms with Crippen LogP contribution in [0.3, 0.4) is 0 Å². The van der Waals surface area contributed by atoms with Crippen molar-refractivity contribution >= 4 is 34.3 Å². The second kappa shape index (κ2) is 11.7. The molecule has 3 aromatic carbocycles. The molecular formula is C28H24N2O7. The Labute approximate surface area is 212 Å². The van der Waals surface area contributed by atoms with Crippen molar-refractivity contribution in [3.8, 4) is 11.5 Å². The smallest absolute Gasteiger partial charge is 0.336 e. The molecule has 1 heterocycles. The number of nitro benzene ring substituents is 1. The van der Waals surface area contributed by atoms with E-state index in [0.29, 0.717) is 42.4 Å². The summed E-state index contributed by atoms with van der Waals surface area (Å²) in [5, 5.41) is 14.2. The molecule has 37 heavy (non-hydrogen) atoms. The summed E-state index contributed by atoms with van der Waals surface area (Å²) in [6.45, 7) is 2.75. The molecule has 0 saturated carbocycles. The van der Waals surface area contributed by atoms with E-state index in [1.807, 2.05) is 43.3 Å². The maximum absolute atomic E-state index is 12.1. The van der Waals surface area contributed by atoms with E-state index in [1.165, 1.54) is 36.4 Å². The topological polar surface area (TPSA) is 121 Å². The molecule has 0 saturated heterocycles. The van der Waals surface area contributed by atoms with Gasteiger partial charge in [0, 0.05) is 47.8 Å². The van der Waals surface area contributed by atoms with Gasteiger partial charge < -0.3 is 19.2 Å². The second-order valence-corrected chi connectivity index (χ2v) is 8.15. The molecule has 188 valence electrons. The number of non-ortho nitro benzene ring substituents is 1. The van der Waals surface area contributed by atoms with Crippen molar-refractivity contribution in [1.82, 2.24) is 0 Å². The number of hydrogen-bond donors (Lipinski definition) is 1. The number of rotatable bonds is 10. The van der Waals surface area contributed by atoms with Crippen LogP contribution in [-0.2, 0) is 4.79 Å². The van der Waals surface area contributed by atoms with Gasteiger partial charge in [-0.25, -0.2) is 4.79 Å². The Morgan fingerprint density at radius 3 is 2.35 bits per heavy atom. The lowest BCUT2D eigenvalue weighted by Gasteiger charge is -2.09. The Morgan fingerprint density at radius 1 is 0.973 bits per heavy atom. The number of benzene rings is 3. The van der Waals surface area contributed by atoms with Gasteiger partial charge in [-0.15, -0.1) is 0 Å². The average Bonchev–Trinajstić information content (AvgIpc) is 2.88. The van der Waals surface area contributed by atoms with Gasteiger partial charge in [0.25, 0.3) is 5.69 Å². The first kappa shape index (κ1) is 25.2. The van der Waals surface area contributed by atoms with Gasteiger partial charge in [-0.05, 0) is 60.5 Å². The molecule has 1 aromatic heterocycles. The Hall–Kier alpha value is -4.92. The van der Waals surface area contributed by atoms with Crippen molar-refractivity contribution in [2.45, 2.75) is 13.3 Å². The Kier molecular flexibility index (Phi) is 7.95. The molecule has 0 bridgehead atoms. The predicted molar refractivity (Wildman–Crippen MR) is 140 cm³/mol. The molecule has 0 aliphatic carbocycles. The van der Waals surface area contributed by atoms with E-state index in [4.69, 9.17) is 13.9 Å². The maximum atomic E-state index is 12.1. The number of aryl methyl sites for hydroxylation is 1.